The predicted octanol–water partition coefficient (Wildman–Crippen LogP) is 2.03. The van der Waals surface area contributed by atoms with Crippen LogP contribution in [-0.2, 0) is 4.79 Å². The van der Waals surface area contributed by atoms with Crippen molar-refractivity contribution in [2.75, 3.05) is 13.2 Å². The number of aliphatic carboxylic acids is 1. The molecule has 0 atom stereocenters. The first kappa shape index (κ1) is 17.5. The molecule has 2 rings (SSSR count). The van der Waals surface area contributed by atoms with Gasteiger partial charge in [0.1, 0.15) is 16.9 Å². The zero-order valence-electron chi connectivity index (χ0n) is 13.5. The molecule has 0 unspecified atom stereocenters. The molecule has 0 aliphatic carbocycles. The largest absolute Gasteiger partial charge is 0.493 e. The summed E-state index contributed by atoms with van der Waals surface area (Å²) in [5.74, 6) is -0.767. The Hall–Kier alpha value is -2.83. The van der Waals surface area contributed by atoms with Gasteiger partial charge in [0, 0.05) is 18.0 Å². The standard InChI is InChI=1S/C17H19NO6/c1-10(2)9-18-16(21)13-7-11-3-4-12(23-6-5-15(19)20)8-14(11)24-17(13)22/h3-4,7-8,10H,5-6,9H2,1-2H3,(H,18,21)(H,19,20). The van der Waals surface area contributed by atoms with Crippen molar-refractivity contribution in [2.45, 2.75) is 20.3 Å². The number of carbonyl (C=O) groups is 2. The summed E-state index contributed by atoms with van der Waals surface area (Å²) in [4.78, 5) is 34.5. The fraction of sp³-hybridized carbons (Fsp3) is 0.353. The van der Waals surface area contributed by atoms with Crippen LogP contribution in [0.15, 0.2) is 33.5 Å². The molecule has 128 valence electrons. The molecule has 0 aliphatic rings. The van der Waals surface area contributed by atoms with E-state index in [-0.39, 0.29) is 30.1 Å². The minimum atomic E-state index is -0.959. The highest BCUT2D eigenvalue weighted by Crippen LogP contribution is 2.20. The molecule has 0 fully saturated rings. The number of hydrogen-bond donors (Lipinski definition) is 2. The van der Waals surface area contributed by atoms with E-state index in [1.165, 1.54) is 12.1 Å². The second-order valence-corrected chi connectivity index (χ2v) is 5.74. The topological polar surface area (TPSA) is 106 Å². The summed E-state index contributed by atoms with van der Waals surface area (Å²) in [6.07, 6.45) is -0.128. The van der Waals surface area contributed by atoms with Gasteiger partial charge in [-0.05, 0) is 24.1 Å². The Labute approximate surface area is 138 Å². The maximum atomic E-state index is 12.0. The normalized spacial score (nSPS) is 10.8. The third-order valence-corrected chi connectivity index (χ3v) is 3.21. The van der Waals surface area contributed by atoms with Crippen LogP contribution in [0.2, 0.25) is 0 Å². The van der Waals surface area contributed by atoms with Gasteiger partial charge in [-0.1, -0.05) is 13.8 Å². The Morgan fingerprint density at radius 3 is 2.71 bits per heavy atom. The fourth-order valence-corrected chi connectivity index (χ4v) is 1.99. The van der Waals surface area contributed by atoms with Crippen LogP contribution in [0, 0.1) is 5.92 Å². The Kier molecular flexibility index (Phi) is 5.57. The molecule has 1 amide bonds. The third kappa shape index (κ3) is 4.58. The molecule has 7 nitrogen and oxygen atoms in total. The first-order chi connectivity index (χ1) is 11.4. The molecule has 0 saturated carbocycles. The summed E-state index contributed by atoms with van der Waals surface area (Å²) in [7, 11) is 0. The van der Waals surface area contributed by atoms with Gasteiger partial charge in [-0.25, -0.2) is 4.79 Å². The average molecular weight is 333 g/mol. The summed E-state index contributed by atoms with van der Waals surface area (Å²) in [6, 6.07) is 6.24. The van der Waals surface area contributed by atoms with Gasteiger partial charge in [-0.15, -0.1) is 0 Å². The first-order valence-corrected chi connectivity index (χ1v) is 7.57. The molecule has 2 N–H and O–H groups in total. The number of ether oxygens (including phenoxy) is 1. The van der Waals surface area contributed by atoms with Crippen molar-refractivity contribution < 1.29 is 23.8 Å². The lowest BCUT2D eigenvalue weighted by molar-refractivity contribution is -0.137. The summed E-state index contributed by atoms with van der Waals surface area (Å²) in [6.45, 7) is 4.39. The summed E-state index contributed by atoms with van der Waals surface area (Å²) in [5, 5.41) is 11.8. The van der Waals surface area contributed by atoms with Crippen molar-refractivity contribution in [3.8, 4) is 5.75 Å². The molecule has 2 aromatic rings. The number of rotatable bonds is 7. The van der Waals surface area contributed by atoms with Gasteiger partial charge in [0.2, 0.25) is 0 Å². The maximum absolute atomic E-state index is 12.0. The van der Waals surface area contributed by atoms with Crippen molar-refractivity contribution in [1.29, 1.82) is 0 Å². The molecule has 0 spiro atoms. The smallest absolute Gasteiger partial charge is 0.349 e. The van der Waals surface area contributed by atoms with Crippen molar-refractivity contribution in [3.63, 3.8) is 0 Å². The molecular formula is C17H19NO6. The van der Waals surface area contributed by atoms with Crippen LogP contribution in [0.4, 0.5) is 0 Å². The third-order valence-electron chi connectivity index (χ3n) is 3.21. The Morgan fingerprint density at radius 2 is 2.04 bits per heavy atom. The zero-order valence-corrected chi connectivity index (χ0v) is 13.5. The van der Waals surface area contributed by atoms with Crippen LogP contribution in [0.3, 0.4) is 0 Å². The lowest BCUT2D eigenvalue weighted by Crippen LogP contribution is -2.31. The number of carboxylic acid groups (broad SMARTS) is 1. The van der Waals surface area contributed by atoms with Crippen LogP contribution in [0.1, 0.15) is 30.6 Å². The molecule has 1 aromatic carbocycles. The van der Waals surface area contributed by atoms with E-state index in [1.54, 1.807) is 12.1 Å². The van der Waals surface area contributed by atoms with Crippen LogP contribution >= 0.6 is 0 Å². The summed E-state index contributed by atoms with van der Waals surface area (Å²) < 4.78 is 10.5. The highest BCUT2D eigenvalue weighted by atomic mass is 16.5. The van der Waals surface area contributed by atoms with Crippen molar-refractivity contribution in [2.24, 2.45) is 5.92 Å². The van der Waals surface area contributed by atoms with E-state index in [9.17, 15) is 14.4 Å². The predicted molar refractivity (Wildman–Crippen MR) is 87.4 cm³/mol. The van der Waals surface area contributed by atoms with E-state index < -0.39 is 17.5 Å². The van der Waals surface area contributed by atoms with E-state index in [0.29, 0.717) is 17.7 Å². The summed E-state index contributed by atoms with van der Waals surface area (Å²) >= 11 is 0. The zero-order chi connectivity index (χ0) is 17.7. The first-order valence-electron chi connectivity index (χ1n) is 7.57. The minimum Gasteiger partial charge on any atom is -0.493 e. The number of carbonyl (C=O) groups excluding carboxylic acids is 1. The Balaban J connectivity index is 2.20. The molecule has 1 aromatic heterocycles. The average Bonchev–Trinajstić information content (AvgIpc) is 2.51. The van der Waals surface area contributed by atoms with E-state index in [1.807, 2.05) is 13.8 Å². The van der Waals surface area contributed by atoms with Gasteiger partial charge in [0.05, 0.1) is 13.0 Å². The maximum Gasteiger partial charge on any atom is 0.349 e. The molecular weight excluding hydrogens is 314 g/mol. The fourth-order valence-electron chi connectivity index (χ4n) is 1.99. The van der Waals surface area contributed by atoms with Crippen molar-refractivity contribution >= 4 is 22.8 Å². The number of fused-ring (bicyclic) bond motifs is 1. The van der Waals surface area contributed by atoms with E-state index in [4.69, 9.17) is 14.3 Å². The van der Waals surface area contributed by atoms with Crippen LogP contribution in [0.5, 0.6) is 5.75 Å². The highest BCUT2D eigenvalue weighted by Gasteiger charge is 2.14. The second-order valence-electron chi connectivity index (χ2n) is 5.74. The number of benzene rings is 1. The molecule has 7 heteroatoms. The van der Waals surface area contributed by atoms with Gasteiger partial charge in [-0.2, -0.15) is 0 Å². The molecule has 1 heterocycles. The van der Waals surface area contributed by atoms with E-state index in [0.717, 1.165) is 0 Å². The van der Waals surface area contributed by atoms with Gasteiger partial charge < -0.3 is 19.6 Å². The number of nitrogens with one attached hydrogen (secondary N) is 1. The molecule has 24 heavy (non-hydrogen) atoms. The van der Waals surface area contributed by atoms with Gasteiger partial charge in [-0.3, -0.25) is 9.59 Å². The molecule has 0 aliphatic heterocycles. The SMILES string of the molecule is CC(C)CNC(=O)c1cc2ccc(OCCC(=O)O)cc2oc1=O. The molecule has 0 bridgehead atoms. The second kappa shape index (κ2) is 7.63. The Bertz CT molecular complexity index is 808. The lowest BCUT2D eigenvalue weighted by Gasteiger charge is -2.08. The number of amides is 1. The van der Waals surface area contributed by atoms with Crippen LogP contribution in [0.25, 0.3) is 11.0 Å². The van der Waals surface area contributed by atoms with E-state index >= 15 is 0 Å². The van der Waals surface area contributed by atoms with Crippen LogP contribution < -0.4 is 15.7 Å². The monoisotopic (exact) mass is 333 g/mol. The van der Waals surface area contributed by atoms with Crippen LogP contribution in [-0.4, -0.2) is 30.1 Å². The quantitative estimate of drug-likeness (QED) is 0.751. The van der Waals surface area contributed by atoms with Crippen molar-refractivity contribution in [1.82, 2.24) is 5.32 Å². The lowest BCUT2D eigenvalue weighted by atomic mass is 10.1. The minimum absolute atomic E-state index is 0.0146. The number of hydrogen-bond acceptors (Lipinski definition) is 5. The van der Waals surface area contributed by atoms with Gasteiger partial charge >= 0.3 is 11.6 Å². The number of carboxylic acids is 1. The van der Waals surface area contributed by atoms with Gasteiger partial charge in [0.25, 0.3) is 5.91 Å². The van der Waals surface area contributed by atoms with Gasteiger partial charge in [0.15, 0.2) is 0 Å². The molecule has 0 saturated heterocycles. The Morgan fingerprint density at radius 1 is 1.29 bits per heavy atom. The molecule has 0 radical (unpaired) electrons. The van der Waals surface area contributed by atoms with E-state index in [2.05, 4.69) is 5.32 Å². The van der Waals surface area contributed by atoms with Crippen molar-refractivity contribution in [3.05, 3.63) is 40.2 Å². The summed E-state index contributed by atoms with van der Waals surface area (Å²) in [5.41, 5.74) is -0.512. The highest BCUT2D eigenvalue weighted by molar-refractivity contribution is 5.96.